The Hall–Kier alpha value is -2.89. The number of carbonyl (C=O) groups is 1. The molecule has 40 heavy (non-hydrogen) atoms. The first-order valence-electron chi connectivity index (χ1n) is 13.5. The third-order valence-corrected chi connectivity index (χ3v) is 9.12. The van der Waals surface area contributed by atoms with E-state index in [1.165, 1.54) is 4.90 Å². The van der Waals surface area contributed by atoms with Crippen molar-refractivity contribution in [1.82, 2.24) is 10.2 Å². The second-order valence-electron chi connectivity index (χ2n) is 10.3. The number of sulfonamides is 1. The summed E-state index contributed by atoms with van der Waals surface area (Å²) in [4.78, 5) is 19.2. The number of carbonyl (C=O) groups excluding carboxylic acids is 1. The van der Waals surface area contributed by atoms with E-state index in [2.05, 4.69) is 46.7 Å². The molecule has 3 aromatic rings. The van der Waals surface area contributed by atoms with Crippen molar-refractivity contribution in [3.8, 4) is 0 Å². The molecule has 0 aliphatic carbocycles. The predicted molar refractivity (Wildman–Crippen MR) is 165 cm³/mol. The number of nitrogens with two attached hydrogens (primary N) is 1. The molecular weight excluding hydrogens is 542 g/mol. The number of hydrogen-bond acceptors (Lipinski definition) is 8. The highest BCUT2D eigenvalue weighted by Gasteiger charge is 2.30. The quantitative estimate of drug-likeness (QED) is 0.219. The minimum absolute atomic E-state index is 0.0629. The monoisotopic (exact) mass is 581 g/mol. The van der Waals surface area contributed by atoms with Gasteiger partial charge in [0.15, 0.2) is 5.78 Å². The first-order valence-corrected chi connectivity index (χ1v) is 16.0. The summed E-state index contributed by atoms with van der Waals surface area (Å²) >= 11 is 1.77. The lowest BCUT2D eigenvalue weighted by Crippen LogP contribution is -2.44. The highest BCUT2D eigenvalue weighted by molar-refractivity contribution is 7.99. The van der Waals surface area contributed by atoms with Crippen molar-refractivity contribution in [2.24, 2.45) is 5.14 Å². The Bertz CT molecular complexity index is 1390. The van der Waals surface area contributed by atoms with Gasteiger partial charge in [0, 0.05) is 54.0 Å². The van der Waals surface area contributed by atoms with E-state index in [0.29, 0.717) is 24.2 Å². The van der Waals surface area contributed by atoms with Gasteiger partial charge in [0.2, 0.25) is 10.0 Å². The van der Waals surface area contributed by atoms with Crippen LogP contribution in [0.1, 0.15) is 27.9 Å². The molecule has 1 saturated heterocycles. The zero-order valence-corrected chi connectivity index (χ0v) is 25.0. The fourth-order valence-corrected chi connectivity index (χ4v) is 6.68. The number of piperazine rings is 1. The fraction of sp³-hybridized carbons (Fsp3) is 0.367. The molecule has 0 bridgehead atoms. The van der Waals surface area contributed by atoms with Crippen LogP contribution in [-0.4, -0.2) is 77.7 Å². The number of nitrogens with zero attached hydrogens (tertiary/aromatic N) is 2. The van der Waals surface area contributed by atoms with Gasteiger partial charge in [-0.2, -0.15) is 0 Å². The lowest BCUT2D eigenvalue weighted by atomic mass is 9.95. The van der Waals surface area contributed by atoms with Crippen molar-refractivity contribution in [1.29, 1.82) is 0 Å². The number of hydrogen-bond donors (Lipinski definition) is 3. The van der Waals surface area contributed by atoms with Gasteiger partial charge in [-0.1, -0.05) is 48.5 Å². The molecule has 0 spiro atoms. The molecule has 0 unspecified atom stereocenters. The molecule has 0 saturated carbocycles. The average Bonchev–Trinajstić information content (AvgIpc) is 2.95. The van der Waals surface area contributed by atoms with Gasteiger partial charge >= 0.3 is 0 Å². The van der Waals surface area contributed by atoms with E-state index in [-0.39, 0.29) is 22.3 Å². The highest BCUT2D eigenvalue weighted by Crippen LogP contribution is 2.38. The largest absolute Gasteiger partial charge is 0.380 e. The van der Waals surface area contributed by atoms with Crippen molar-refractivity contribution in [2.45, 2.75) is 29.2 Å². The van der Waals surface area contributed by atoms with Crippen LogP contribution in [0, 0.1) is 6.92 Å². The summed E-state index contributed by atoms with van der Waals surface area (Å²) in [6, 6.07) is 20.7. The van der Waals surface area contributed by atoms with Gasteiger partial charge in [-0.25, -0.2) is 13.6 Å². The normalized spacial score (nSPS) is 14.8. The van der Waals surface area contributed by atoms with E-state index in [9.17, 15) is 13.2 Å². The molecule has 10 heteroatoms. The maximum atomic E-state index is 13.8. The Labute approximate surface area is 242 Å². The van der Waals surface area contributed by atoms with E-state index in [1.807, 2.05) is 31.2 Å². The molecule has 214 valence electrons. The topological polar surface area (TPSA) is 108 Å². The summed E-state index contributed by atoms with van der Waals surface area (Å²) in [5, 5.41) is 12.9. The molecule has 0 radical (unpaired) electrons. The van der Waals surface area contributed by atoms with E-state index in [0.717, 1.165) is 43.2 Å². The fourth-order valence-electron chi connectivity index (χ4n) is 4.88. The molecule has 1 aliphatic heterocycles. The summed E-state index contributed by atoms with van der Waals surface area (Å²) in [5.74, 6) is 0.442. The Morgan fingerprint density at radius 1 is 1.07 bits per heavy atom. The van der Waals surface area contributed by atoms with E-state index in [4.69, 9.17) is 5.14 Å². The number of nitrogens with one attached hydrogen (secondary N) is 2. The third kappa shape index (κ3) is 7.64. The molecule has 1 atom stereocenters. The Balaban J connectivity index is 1.82. The predicted octanol–water partition coefficient (Wildman–Crippen LogP) is 3.81. The number of thioether (sulfide) groups is 1. The maximum absolute atomic E-state index is 13.8. The van der Waals surface area contributed by atoms with Gasteiger partial charge in [-0.05, 0) is 57.7 Å². The SMILES string of the molecule is Cc1c(N[C@H](CCN(C)C)CSc2ccccc2)c(N2CCNCC2)cc(S(N)(=O)=O)c1C(=O)c1ccccc1. The Kier molecular flexibility index (Phi) is 10.3. The summed E-state index contributed by atoms with van der Waals surface area (Å²) in [7, 11) is -0.0809. The first-order chi connectivity index (χ1) is 19.1. The van der Waals surface area contributed by atoms with Crippen LogP contribution in [0.25, 0.3) is 0 Å². The van der Waals surface area contributed by atoms with E-state index >= 15 is 0 Å². The van der Waals surface area contributed by atoms with Crippen molar-refractivity contribution < 1.29 is 13.2 Å². The number of benzene rings is 3. The molecule has 4 N–H and O–H groups in total. The summed E-state index contributed by atoms with van der Waals surface area (Å²) in [6.07, 6.45) is 0.867. The van der Waals surface area contributed by atoms with Gasteiger partial charge in [-0.15, -0.1) is 11.8 Å². The van der Waals surface area contributed by atoms with Gasteiger partial charge in [-0.3, -0.25) is 4.79 Å². The lowest BCUT2D eigenvalue weighted by molar-refractivity contribution is 0.103. The average molecular weight is 582 g/mol. The number of primary sulfonamides is 1. The minimum Gasteiger partial charge on any atom is -0.380 e. The first kappa shape index (κ1) is 30.1. The Morgan fingerprint density at radius 2 is 1.70 bits per heavy atom. The van der Waals surface area contributed by atoms with E-state index < -0.39 is 10.0 Å². The van der Waals surface area contributed by atoms with Crippen LogP contribution in [0.2, 0.25) is 0 Å². The van der Waals surface area contributed by atoms with Crippen LogP contribution < -0.4 is 20.7 Å². The molecule has 4 rings (SSSR count). The summed E-state index contributed by atoms with van der Waals surface area (Å²) in [6.45, 7) is 5.69. The second kappa shape index (κ2) is 13.6. The van der Waals surface area contributed by atoms with Crippen LogP contribution in [0.15, 0.2) is 76.5 Å². The zero-order valence-electron chi connectivity index (χ0n) is 23.4. The van der Waals surface area contributed by atoms with Crippen LogP contribution in [0.3, 0.4) is 0 Å². The maximum Gasteiger partial charge on any atom is 0.238 e. The zero-order chi connectivity index (χ0) is 28.7. The summed E-state index contributed by atoms with van der Waals surface area (Å²) in [5.41, 5.74) is 2.67. The van der Waals surface area contributed by atoms with Gasteiger partial charge in [0.25, 0.3) is 0 Å². The van der Waals surface area contributed by atoms with Gasteiger partial charge in [0.05, 0.1) is 16.3 Å². The molecular formula is C30H39N5O3S2. The van der Waals surface area contributed by atoms with Crippen molar-refractivity contribution in [2.75, 3.05) is 62.8 Å². The second-order valence-corrected chi connectivity index (χ2v) is 12.9. The third-order valence-electron chi connectivity index (χ3n) is 7.02. The number of rotatable bonds is 12. The highest BCUT2D eigenvalue weighted by atomic mass is 32.2. The standard InChI is InChI=1S/C30H39N5O3S2/c1-22-28(30(36)23-10-6-4-7-11-23)27(40(31,37)38)20-26(35-18-15-32-16-19-35)29(22)33-24(14-17-34(2)3)21-39-25-12-8-5-9-13-25/h4-13,20,24,32-33H,14-19,21H2,1-3H3,(H2,31,37,38)/t24-/m1/s1. The number of anilines is 2. The molecule has 0 amide bonds. The molecule has 3 aromatic carbocycles. The number of ketones is 1. The van der Waals surface area contributed by atoms with Crippen LogP contribution in [-0.2, 0) is 10.0 Å². The van der Waals surface area contributed by atoms with E-state index in [1.54, 1.807) is 42.1 Å². The molecule has 8 nitrogen and oxygen atoms in total. The van der Waals surface area contributed by atoms with Crippen LogP contribution in [0.4, 0.5) is 11.4 Å². The summed E-state index contributed by atoms with van der Waals surface area (Å²) < 4.78 is 25.8. The van der Waals surface area contributed by atoms with Crippen molar-refractivity contribution in [3.05, 3.63) is 83.4 Å². The molecule has 1 aliphatic rings. The van der Waals surface area contributed by atoms with Gasteiger partial charge < -0.3 is 20.4 Å². The van der Waals surface area contributed by atoms with Crippen LogP contribution >= 0.6 is 11.8 Å². The van der Waals surface area contributed by atoms with Crippen molar-refractivity contribution in [3.63, 3.8) is 0 Å². The molecule has 1 fully saturated rings. The minimum atomic E-state index is -4.18. The lowest BCUT2D eigenvalue weighted by Gasteiger charge is -2.34. The van der Waals surface area contributed by atoms with Crippen molar-refractivity contribution >= 4 is 38.9 Å². The smallest absolute Gasteiger partial charge is 0.238 e. The molecule has 0 aromatic heterocycles. The Morgan fingerprint density at radius 3 is 2.30 bits per heavy atom. The molecule has 1 heterocycles. The van der Waals surface area contributed by atoms with Crippen LogP contribution in [0.5, 0.6) is 0 Å². The van der Waals surface area contributed by atoms with Gasteiger partial charge in [0.1, 0.15) is 0 Å².